The van der Waals surface area contributed by atoms with Crippen LogP contribution in [-0.4, -0.2) is 16.4 Å². The number of aliphatic hydroxyl groups is 1. The van der Waals surface area contributed by atoms with Gasteiger partial charge in [0.15, 0.2) is 0 Å². The Morgan fingerprint density at radius 1 is 1.50 bits per heavy atom. The van der Waals surface area contributed by atoms with Crippen LogP contribution in [0.4, 0.5) is 0 Å². The molecule has 0 aliphatic heterocycles. The minimum Gasteiger partial charge on any atom is -0.508 e. The average molecular weight is 167 g/mol. The second-order valence-corrected chi connectivity index (χ2v) is 2.89. The fraction of sp³-hybridized carbons (Fsp3) is 0.333. The SMILES string of the molecule is Cc1ccc(CC(N)O)cc1O. The van der Waals surface area contributed by atoms with Crippen molar-refractivity contribution in [2.24, 2.45) is 5.73 Å². The van der Waals surface area contributed by atoms with Gasteiger partial charge in [-0.2, -0.15) is 0 Å². The Kier molecular flexibility index (Phi) is 2.68. The zero-order valence-corrected chi connectivity index (χ0v) is 6.99. The molecule has 12 heavy (non-hydrogen) atoms. The van der Waals surface area contributed by atoms with Gasteiger partial charge < -0.3 is 15.9 Å². The quantitative estimate of drug-likeness (QED) is 0.562. The first-order valence-corrected chi connectivity index (χ1v) is 3.81. The predicted molar refractivity (Wildman–Crippen MR) is 46.7 cm³/mol. The summed E-state index contributed by atoms with van der Waals surface area (Å²) >= 11 is 0. The van der Waals surface area contributed by atoms with E-state index in [-0.39, 0.29) is 5.75 Å². The van der Waals surface area contributed by atoms with Gasteiger partial charge >= 0.3 is 0 Å². The fourth-order valence-corrected chi connectivity index (χ4v) is 1.02. The molecule has 0 saturated carbocycles. The van der Waals surface area contributed by atoms with Gasteiger partial charge in [-0.3, -0.25) is 0 Å². The molecule has 0 aliphatic carbocycles. The molecule has 0 aliphatic rings. The van der Waals surface area contributed by atoms with Crippen LogP contribution in [0.3, 0.4) is 0 Å². The Labute approximate surface area is 71.5 Å². The van der Waals surface area contributed by atoms with E-state index in [9.17, 15) is 5.11 Å². The lowest BCUT2D eigenvalue weighted by atomic mass is 10.1. The summed E-state index contributed by atoms with van der Waals surface area (Å²) in [6, 6.07) is 5.25. The number of rotatable bonds is 2. The Hall–Kier alpha value is -1.06. The zero-order valence-electron chi connectivity index (χ0n) is 6.99. The first-order valence-electron chi connectivity index (χ1n) is 3.81. The lowest BCUT2D eigenvalue weighted by molar-refractivity contribution is 0.183. The highest BCUT2D eigenvalue weighted by Gasteiger charge is 2.01. The highest BCUT2D eigenvalue weighted by atomic mass is 16.3. The molecule has 0 fully saturated rings. The largest absolute Gasteiger partial charge is 0.508 e. The van der Waals surface area contributed by atoms with Gasteiger partial charge in [0.1, 0.15) is 12.0 Å². The molecule has 3 nitrogen and oxygen atoms in total. The Balaban J connectivity index is 2.82. The summed E-state index contributed by atoms with van der Waals surface area (Å²) in [4.78, 5) is 0. The smallest absolute Gasteiger partial charge is 0.118 e. The summed E-state index contributed by atoms with van der Waals surface area (Å²) in [6.45, 7) is 1.82. The van der Waals surface area contributed by atoms with Crippen molar-refractivity contribution in [3.63, 3.8) is 0 Å². The molecular weight excluding hydrogens is 154 g/mol. The summed E-state index contributed by atoms with van der Waals surface area (Å²) in [5, 5.41) is 18.2. The van der Waals surface area contributed by atoms with Gasteiger partial charge in [0.25, 0.3) is 0 Å². The van der Waals surface area contributed by atoms with E-state index in [0.29, 0.717) is 6.42 Å². The Morgan fingerprint density at radius 2 is 2.17 bits per heavy atom. The van der Waals surface area contributed by atoms with Crippen LogP contribution in [0.2, 0.25) is 0 Å². The maximum Gasteiger partial charge on any atom is 0.118 e. The van der Waals surface area contributed by atoms with Crippen molar-refractivity contribution in [1.82, 2.24) is 0 Å². The normalized spacial score (nSPS) is 12.9. The van der Waals surface area contributed by atoms with Gasteiger partial charge in [0, 0.05) is 6.42 Å². The van der Waals surface area contributed by atoms with Gasteiger partial charge in [-0.05, 0) is 24.1 Å². The van der Waals surface area contributed by atoms with E-state index in [4.69, 9.17) is 10.8 Å². The molecule has 66 valence electrons. The molecule has 0 spiro atoms. The topological polar surface area (TPSA) is 66.5 Å². The first kappa shape index (κ1) is 9.03. The Bertz CT molecular complexity index is 271. The van der Waals surface area contributed by atoms with Crippen molar-refractivity contribution in [3.8, 4) is 5.75 Å². The van der Waals surface area contributed by atoms with Crippen molar-refractivity contribution in [2.45, 2.75) is 19.6 Å². The maximum atomic E-state index is 9.29. The number of nitrogens with two attached hydrogens (primary N) is 1. The first-order chi connectivity index (χ1) is 5.59. The van der Waals surface area contributed by atoms with E-state index in [1.807, 2.05) is 13.0 Å². The second kappa shape index (κ2) is 3.56. The lowest BCUT2D eigenvalue weighted by Gasteiger charge is -2.05. The van der Waals surface area contributed by atoms with E-state index in [1.54, 1.807) is 12.1 Å². The monoisotopic (exact) mass is 167 g/mol. The van der Waals surface area contributed by atoms with Gasteiger partial charge in [0.2, 0.25) is 0 Å². The van der Waals surface area contributed by atoms with Crippen LogP contribution in [0.1, 0.15) is 11.1 Å². The number of hydrogen-bond donors (Lipinski definition) is 3. The van der Waals surface area contributed by atoms with Gasteiger partial charge in [-0.15, -0.1) is 0 Å². The van der Waals surface area contributed by atoms with E-state index in [0.717, 1.165) is 11.1 Å². The fourth-order valence-electron chi connectivity index (χ4n) is 1.02. The van der Waals surface area contributed by atoms with Crippen LogP contribution in [0.5, 0.6) is 5.75 Å². The molecule has 1 aromatic carbocycles. The zero-order chi connectivity index (χ0) is 9.14. The predicted octanol–water partition coefficient (Wildman–Crippen LogP) is 0.520. The van der Waals surface area contributed by atoms with Crippen LogP contribution in [0.25, 0.3) is 0 Å². The number of aromatic hydroxyl groups is 1. The van der Waals surface area contributed by atoms with Crippen LogP contribution in [-0.2, 0) is 6.42 Å². The van der Waals surface area contributed by atoms with Crippen molar-refractivity contribution in [2.75, 3.05) is 0 Å². The van der Waals surface area contributed by atoms with Crippen molar-refractivity contribution in [3.05, 3.63) is 29.3 Å². The molecule has 3 heteroatoms. The van der Waals surface area contributed by atoms with E-state index in [2.05, 4.69) is 0 Å². The highest BCUT2D eigenvalue weighted by Crippen LogP contribution is 2.17. The molecule has 1 unspecified atom stereocenters. The van der Waals surface area contributed by atoms with Crippen LogP contribution < -0.4 is 5.73 Å². The van der Waals surface area contributed by atoms with E-state index >= 15 is 0 Å². The molecule has 1 atom stereocenters. The number of phenolic OH excluding ortho intramolecular Hbond substituents is 1. The molecule has 0 saturated heterocycles. The number of hydrogen-bond acceptors (Lipinski definition) is 3. The number of aliphatic hydroxyl groups excluding tert-OH is 1. The van der Waals surface area contributed by atoms with Crippen LogP contribution in [0.15, 0.2) is 18.2 Å². The van der Waals surface area contributed by atoms with Crippen molar-refractivity contribution >= 4 is 0 Å². The summed E-state index contributed by atoms with van der Waals surface area (Å²) in [5.41, 5.74) is 6.85. The number of aryl methyl sites for hydroxylation is 1. The third kappa shape index (κ3) is 2.22. The summed E-state index contributed by atoms with van der Waals surface area (Å²) in [5.74, 6) is 0.244. The van der Waals surface area contributed by atoms with Crippen LogP contribution in [0, 0.1) is 6.92 Å². The van der Waals surface area contributed by atoms with Gasteiger partial charge in [0.05, 0.1) is 0 Å². The van der Waals surface area contributed by atoms with Crippen molar-refractivity contribution in [1.29, 1.82) is 0 Å². The molecule has 0 radical (unpaired) electrons. The lowest BCUT2D eigenvalue weighted by Crippen LogP contribution is -2.21. The highest BCUT2D eigenvalue weighted by molar-refractivity contribution is 5.35. The van der Waals surface area contributed by atoms with Crippen LogP contribution >= 0.6 is 0 Å². The Morgan fingerprint density at radius 3 is 2.67 bits per heavy atom. The van der Waals surface area contributed by atoms with E-state index < -0.39 is 6.23 Å². The third-order valence-corrected chi connectivity index (χ3v) is 1.72. The second-order valence-electron chi connectivity index (χ2n) is 2.89. The molecule has 4 N–H and O–H groups in total. The molecule has 0 bridgehead atoms. The maximum absolute atomic E-state index is 9.29. The molecule has 0 heterocycles. The van der Waals surface area contributed by atoms with Crippen molar-refractivity contribution < 1.29 is 10.2 Å². The molecule has 1 aromatic rings. The third-order valence-electron chi connectivity index (χ3n) is 1.72. The van der Waals surface area contributed by atoms with Gasteiger partial charge in [-0.25, -0.2) is 0 Å². The minimum absolute atomic E-state index is 0.244. The molecule has 0 aromatic heterocycles. The molecular formula is C9H13NO2. The molecule has 0 amide bonds. The molecule has 1 rings (SSSR count). The summed E-state index contributed by atoms with van der Waals surface area (Å²) in [6.07, 6.45) is -0.486. The summed E-state index contributed by atoms with van der Waals surface area (Å²) < 4.78 is 0. The number of benzene rings is 1. The van der Waals surface area contributed by atoms with Gasteiger partial charge in [-0.1, -0.05) is 12.1 Å². The average Bonchev–Trinajstić information content (AvgIpc) is 1.96. The summed E-state index contributed by atoms with van der Waals surface area (Å²) in [7, 11) is 0. The standard InChI is InChI=1S/C9H13NO2/c1-6-2-3-7(4-8(6)11)5-9(10)12/h2-4,9,11-12H,5,10H2,1H3. The minimum atomic E-state index is -0.855. The number of phenols is 1. The van der Waals surface area contributed by atoms with E-state index in [1.165, 1.54) is 0 Å².